The van der Waals surface area contributed by atoms with Gasteiger partial charge in [0, 0.05) is 24.6 Å². The van der Waals surface area contributed by atoms with Crippen LogP contribution in [0.25, 0.3) is 0 Å². The number of nitrogens with zero attached hydrogens (tertiary/aromatic N) is 1. The lowest BCUT2D eigenvalue weighted by Gasteiger charge is -2.13. The van der Waals surface area contributed by atoms with Crippen LogP contribution in [0.15, 0.2) is 12.1 Å². The molecule has 0 bridgehead atoms. The molecule has 0 spiro atoms. The monoisotopic (exact) mass is 298 g/mol. The highest BCUT2D eigenvalue weighted by molar-refractivity contribution is 5.95. The SMILES string of the molecule is Cc1cc([N+](=O)[O-])cc(C(=O)NC(C)CCC(=O)O)c1F. The minimum Gasteiger partial charge on any atom is -0.481 e. The molecule has 1 atom stereocenters. The molecule has 0 aromatic heterocycles. The molecule has 0 heterocycles. The van der Waals surface area contributed by atoms with Gasteiger partial charge >= 0.3 is 5.97 Å². The number of nitro benzene ring substituents is 1. The summed E-state index contributed by atoms with van der Waals surface area (Å²) in [5.41, 5.74) is -0.811. The maximum atomic E-state index is 13.9. The van der Waals surface area contributed by atoms with Gasteiger partial charge in [-0.2, -0.15) is 0 Å². The zero-order chi connectivity index (χ0) is 16.2. The highest BCUT2D eigenvalue weighted by atomic mass is 19.1. The first-order valence-electron chi connectivity index (χ1n) is 6.19. The van der Waals surface area contributed by atoms with Crippen molar-refractivity contribution in [1.82, 2.24) is 5.32 Å². The van der Waals surface area contributed by atoms with E-state index in [-0.39, 0.29) is 24.1 Å². The third kappa shape index (κ3) is 4.51. The average Bonchev–Trinajstić information content (AvgIpc) is 2.38. The van der Waals surface area contributed by atoms with Crippen LogP contribution in [0.3, 0.4) is 0 Å². The van der Waals surface area contributed by atoms with Gasteiger partial charge in [-0.15, -0.1) is 0 Å². The lowest BCUT2D eigenvalue weighted by Crippen LogP contribution is -2.33. The molecular formula is C13H15FN2O5. The number of carboxylic acid groups (broad SMARTS) is 1. The Kier molecular flexibility index (Phi) is 5.34. The topological polar surface area (TPSA) is 110 Å². The standard InChI is InChI=1S/C13H15FN2O5/c1-7-5-9(16(20)21)6-10(12(7)14)13(19)15-8(2)3-4-11(17)18/h5-6,8H,3-4H2,1-2H3,(H,15,19)(H,17,18). The molecule has 1 amide bonds. The fourth-order valence-electron chi connectivity index (χ4n) is 1.73. The molecular weight excluding hydrogens is 283 g/mol. The van der Waals surface area contributed by atoms with E-state index in [1.807, 2.05) is 0 Å². The number of amides is 1. The Morgan fingerprint density at radius 2 is 2.10 bits per heavy atom. The summed E-state index contributed by atoms with van der Waals surface area (Å²) in [6, 6.07) is 1.41. The number of non-ortho nitro benzene ring substituents is 1. The second-order valence-electron chi connectivity index (χ2n) is 4.69. The van der Waals surface area contributed by atoms with Gasteiger partial charge in [0.1, 0.15) is 5.82 Å². The predicted molar refractivity (Wildman–Crippen MR) is 71.6 cm³/mol. The quantitative estimate of drug-likeness (QED) is 0.616. The lowest BCUT2D eigenvalue weighted by molar-refractivity contribution is -0.385. The number of hydrogen-bond donors (Lipinski definition) is 2. The molecule has 0 radical (unpaired) electrons. The van der Waals surface area contributed by atoms with E-state index < -0.39 is 34.2 Å². The van der Waals surface area contributed by atoms with Crippen molar-refractivity contribution in [3.05, 3.63) is 39.2 Å². The largest absolute Gasteiger partial charge is 0.481 e. The molecule has 0 saturated carbocycles. The molecule has 1 rings (SSSR count). The van der Waals surface area contributed by atoms with Gasteiger partial charge in [-0.25, -0.2) is 4.39 Å². The normalized spacial score (nSPS) is 11.8. The zero-order valence-electron chi connectivity index (χ0n) is 11.6. The van der Waals surface area contributed by atoms with Crippen molar-refractivity contribution >= 4 is 17.6 Å². The number of halogens is 1. The number of hydrogen-bond acceptors (Lipinski definition) is 4. The predicted octanol–water partition coefficient (Wildman–Crippen LogP) is 2.03. The van der Waals surface area contributed by atoms with Crippen molar-refractivity contribution in [3.8, 4) is 0 Å². The van der Waals surface area contributed by atoms with Gasteiger partial charge in [-0.3, -0.25) is 19.7 Å². The second-order valence-corrected chi connectivity index (χ2v) is 4.69. The van der Waals surface area contributed by atoms with Crippen LogP contribution in [-0.2, 0) is 4.79 Å². The van der Waals surface area contributed by atoms with E-state index in [1.165, 1.54) is 6.92 Å². The van der Waals surface area contributed by atoms with Crippen molar-refractivity contribution in [2.75, 3.05) is 0 Å². The molecule has 2 N–H and O–H groups in total. The summed E-state index contributed by atoms with van der Waals surface area (Å²) in [4.78, 5) is 32.4. The Balaban J connectivity index is 2.91. The molecule has 1 aromatic rings. The van der Waals surface area contributed by atoms with Crippen molar-refractivity contribution in [2.45, 2.75) is 32.7 Å². The van der Waals surface area contributed by atoms with Gasteiger partial charge in [0.05, 0.1) is 10.5 Å². The molecule has 0 fully saturated rings. The van der Waals surface area contributed by atoms with Crippen LogP contribution < -0.4 is 5.32 Å². The smallest absolute Gasteiger partial charge is 0.303 e. The van der Waals surface area contributed by atoms with E-state index in [9.17, 15) is 24.1 Å². The van der Waals surface area contributed by atoms with Crippen LogP contribution in [-0.4, -0.2) is 27.9 Å². The summed E-state index contributed by atoms with van der Waals surface area (Å²) in [6.45, 7) is 2.90. The first-order valence-corrected chi connectivity index (χ1v) is 6.19. The van der Waals surface area contributed by atoms with Crippen molar-refractivity contribution in [1.29, 1.82) is 0 Å². The number of benzene rings is 1. The fourth-order valence-corrected chi connectivity index (χ4v) is 1.73. The first kappa shape index (κ1) is 16.5. The van der Waals surface area contributed by atoms with Crippen LogP contribution in [0.5, 0.6) is 0 Å². The van der Waals surface area contributed by atoms with E-state index in [0.29, 0.717) is 0 Å². The van der Waals surface area contributed by atoms with Crippen molar-refractivity contribution in [3.63, 3.8) is 0 Å². The number of carboxylic acids is 1. The van der Waals surface area contributed by atoms with Crippen molar-refractivity contribution in [2.24, 2.45) is 0 Å². The van der Waals surface area contributed by atoms with E-state index in [4.69, 9.17) is 5.11 Å². The van der Waals surface area contributed by atoms with Crippen LogP contribution in [0.2, 0.25) is 0 Å². The van der Waals surface area contributed by atoms with Gasteiger partial charge in [-0.05, 0) is 25.8 Å². The first-order chi connectivity index (χ1) is 9.72. The Labute approximate surface area is 119 Å². The minimum absolute atomic E-state index is 0.00691. The summed E-state index contributed by atoms with van der Waals surface area (Å²) in [6.07, 6.45) is 0.0362. The highest BCUT2D eigenvalue weighted by Gasteiger charge is 2.20. The number of nitro groups is 1. The van der Waals surface area contributed by atoms with Gasteiger partial charge in [0.25, 0.3) is 11.6 Å². The van der Waals surface area contributed by atoms with Gasteiger partial charge < -0.3 is 10.4 Å². The van der Waals surface area contributed by atoms with E-state index in [1.54, 1.807) is 6.92 Å². The number of nitrogens with one attached hydrogen (secondary N) is 1. The van der Waals surface area contributed by atoms with Gasteiger partial charge in [0.15, 0.2) is 0 Å². The molecule has 114 valence electrons. The fraction of sp³-hybridized carbons (Fsp3) is 0.385. The molecule has 0 aliphatic carbocycles. The Morgan fingerprint density at radius 3 is 2.62 bits per heavy atom. The number of carbonyl (C=O) groups excluding carboxylic acids is 1. The van der Waals surface area contributed by atoms with E-state index in [0.717, 1.165) is 12.1 Å². The van der Waals surface area contributed by atoms with E-state index in [2.05, 4.69) is 5.32 Å². The van der Waals surface area contributed by atoms with Crippen LogP contribution in [0, 0.1) is 22.9 Å². The summed E-state index contributed by atoms with van der Waals surface area (Å²) < 4.78 is 13.9. The number of carbonyl (C=O) groups is 2. The summed E-state index contributed by atoms with van der Waals surface area (Å²) in [7, 11) is 0. The second kappa shape index (κ2) is 6.78. The van der Waals surface area contributed by atoms with Crippen molar-refractivity contribution < 1.29 is 24.0 Å². The summed E-state index contributed by atoms with van der Waals surface area (Å²) in [5, 5.41) is 21.7. The molecule has 21 heavy (non-hydrogen) atoms. The molecule has 0 aliphatic rings. The number of aryl methyl sites for hydroxylation is 1. The van der Waals surface area contributed by atoms with Crippen LogP contribution in [0.4, 0.5) is 10.1 Å². The molecule has 0 saturated heterocycles. The highest BCUT2D eigenvalue weighted by Crippen LogP contribution is 2.21. The molecule has 0 aliphatic heterocycles. The third-order valence-corrected chi connectivity index (χ3v) is 2.86. The molecule has 8 heteroatoms. The Bertz CT molecular complexity index is 588. The lowest BCUT2D eigenvalue weighted by atomic mass is 10.1. The maximum absolute atomic E-state index is 13.9. The molecule has 1 unspecified atom stereocenters. The van der Waals surface area contributed by atoms with Gasteiger partial charge in [0.2, 0.25) is 0 Å². The summed E-state index contributed by atoms with van der Waals surface area (Å²) >= 11 is 0. The van der Waals surface area contributed by atoms with Crippen LogP contribution >= 0.6 is 0 Å². The van der Waals surface area contributed by atoms with E-state index >= 15 is 0 Å². The number of aliphatic carboxylic acids is 1. The number of rotatable bonds is 6. The Morgan fingerprint density at radius 1 is 1.48 bits per heavy atom. The zero-order valence-corrected chi connectivity index (χ0v) is 11.6. The molecule has 7 nitrogen and oxygen atoms in total. The Hall–Kier alpha value is -2.51. The minimum atomic E-state index is -1.01. The molecule has 1 aromatic carbocycles. The van der Waals surface area contributed by atoms with Crippen LogP contribution in [0.1, 0.15) is 35.7 Å². The summed E-state index contributed by atoms with van der Waals surface area (Å²) in [5.74, 6) is -2.64. The van der Waals surface area contributed by atoms with Gasteiger partial charge in [-0.1, -0.05) is 0 Å². The average molecular weight is 298 g/mol. The third-order valence-electron chi connectivity index (χ3n) is 2.86. The maximum Gasteiger partial charge on any atom is 0.303 e.